The predicted molar refractivity (Wildman–Crippen MR) is 106 cm³/mol. The monoisotopic (exact) mass is 385 g/mol. The first-order valence-corrected chi connectivity index (χ1v) is 11.5. The third kappa shape index (κ3) is 8.61. The van der Waals surface area contributed by atoms with Gasteiger partial charge in [-0.25, -0.2) is 0 Å². The Balaban J connectivity index is 2.55. The van der Waals surface area contributed by atoms with E-state index in [-0.39, 0.29) is 0 Å². The highest BCUT2D eigenvalue weighted by Gasteiger charge is 2.39. The van der Waals surface area contributed by atoms with Crippen molar-refractivity contribution in [2.75, 3.05) is 51.8 Å². The number of hydrogen-bond donors (Lipinski definition) is 0. The van der Waals surface area contributed by atoms with Gasteiger partial charge in [0.25, 0.3) is 0 Å². The zero-order valence-electron chi connectivity index (χ0n) is 16.7. The molecule has 0 aromatic heterocycles. The summed E-state index contributed by atoms with van der Waals surface area (Å²) in [4.78, 5) is 5.87. The molecule has 0 aliphatic heterocycles. The molecule has 1 aromatic carbocycles. The van der Waals surface area contributed by atoms with Gasteiger partial charge in [0.15, 0.2) is 0 Å². The van der Waals surface area contributed by atoms with Crippen LogP contribution < -0.4 is 5.06 Å². The van der Waals surface area contributed by atoms with Crippen LogP contribution in [0.2, 0.25) is 6.04 Å². The number of benzene rings is 1. The van der Waals surface area contributed by atoms with Crippen LogP contribution in [0, 0.1) is 0 Å². The zero-order chi connectivity index (χ0) is 19.1. The normalized spacial score (nSPS) is 11.7. The first-order valence-electron chi connectivity index (χ1n) is 9.57. The molecule has 150 valence electrons. The third-order valence-electron chi connectivity index (χ3n) is 3.77. The predicted octanol–water partition coefficient (Wildman–Crippen LogP) is 3.90. The first-order chi connectivity index (χ1) is 12.7. The van der Waals surface area contributed by atoms with Gasteiger partial charge in [-0.15, -0.1) is 0 Å². The molecule has 0 radical (unpaired) electrons. The smallest absolute Gasteiger partial charge is 0.382 e. The van der Waals surface area contributed by atoms with Crippen molar-refractivity contribution in [1.82, 2.24) is 0 Å². The minimum Gasteiger partial charge on any atom is -0.382 e. The lowest BCUT2D eigenvalue weighted by Crippen LogP contribution is -2.46. The van der Waals surface area contributed by atoms with Crippen LogP contribution in [-0.2, 0) is 22.9 Å². The lowest BCUT2D eigenvalue weighted by molar-refractivity contribution is 0.0534. The molecule has 1 rings (SSSR count). The first kappa shape index (κ1) is 23.1. The molecule has 0 N–H and O–H groups in total. The average Bonchev–Trinajstić information content (AvgIpc) is 2.65. The molecule has 7 heteroatoms. The van der Waals surface area contributed by atoms with Crippen LogP contribution >= 0.6 is 0 Å². The summed E-state index contributed by atoms with van der Waals surface area (Å²) in [6.07, 6.45) is 1.92. The average molecular weight is 386 g/mol. The minimum atomic E-state index is -2.56. The minimum absolute atomic E-state index is 0.529. The molecular formula is C19H35NO5Si. The van der Waals surface area contributed by atoms with E-state index in [0.717, 1.165) is 31.1 Å². The summed E-state index contributed by atoms with van der Waals surface area (Å²) in [6.45, 7) is 9.69. The Kier molecular flexibility index (Phi) is 12.5. The molecule has 1 aromatic rings. The number of methoxy groups -OCH3 is 1. The molecule has 0 aliphatic rings. The van der Waals surface area contributed by atoms with Gasteiger partial charge >= 0.3 is 8.80 Å². The highest BCUT2D eigenvalue weighted by Crippen LogP contribution is 2.21. The van der Waals surface area contributed by atoms with E-state index in [1.54, 1.807) is 7.11 Å². The number of para-hydroxylation sites is 1. The van der Waals surface area contributed by atoms with E-state index >= 15 is 0 Å². The largest absolute Gasteiger partial charge is 0.500 e. The van der Waals surface area contributed by atoms with Crippen molar-refractivity contribution in [3.8, 4) is 0 Å². The summed E-state index contributed by atoms with van der Waals surface area (Å²) in [7, 11) is -0.881. The van der Waals surface area contributed by atoms with Crippen molar-refractivity contribution >= 4 is 14.5 Å². The van der Waals surface area contributed by atoms with Gasteiger partial charge in [0.2, 0.25) is 0 Å². The Morgan fingerprint density at radius 3 is 2.00 bits per heavy atom. The summed E-state index contributed by atoms with van der Waals surface area (Å²) in [5.74, 6) is 0. The van der Waals surface area contributed by atoms with E-state index in [1.165, 1.54) is 0 Å². The molecule has 0 unspecified atom stereocenters. The lowest BCUT2D eigenvalue weighted by atomic mass is 10.3. The second kappa shape index (κ2) is 14.1. The van der Waals surface area contributed by atoms with Gasteiger partial charge in [-0.2, -0.15) is 0 Å². The van der Waals surface area contributed by atoms with E-state index in [2.05, 4.69) is 0 Å². The maximum absolute atomic E-state index is 5.91. The maximum atomic E-state index is 5.91. The lowest BCUT2D eigenvalue weighted by Gasteiger charge is -2.29. The number of hydroxylamine groups is 1. The highest BCUT2D eigenvalue weighted by atomic mass is 28.4. The summed E-state index contributed by atoms with van der Waals surface area (Å²) in [5.41, 5.74) is 1.05. The molecule has 0 atom stereocenters. The van der Waals surface area contributed by atoms with Crippen LogP contribution in [0.5, 0.6) is 0 Å². The quantitative estimate of drug-likeness (QED) is 0.244. The number of anilines is 1. The zero-order valence-corrected chi connectivity index (χ0v) is 17.7. The number of rotatable bonds is 16. The summed E-state index contributed by atoms with van der Waals surface area (Å²) in [6, 6.07) is 10.9. The third-order valence-corrected chi connectivity index (χ3v) is 6.92. The van der Waals surface area contributed by atoms with E-state index in [1.807, 2.05) is 56.2 Å². The van der Waals surface area contributed by atoms with Crippen LogP contribution in [0.25, 0.3) is 0 Å². The fraction of sp³-hybridized carbons (Fsp3) is 0.684. The SMILES string of the molecule is CCO[Si](CCCCN(OCCOC)c1ccccc1)(OCC)OCC. The Labute approximate surface area is 159 Å². The van der Waals surface area contributed by atoms with E-state index in [9.17, 15) is 0 Å². The van der Waals surface area contributed by atoms with Gasteiger partial charge in [-0.05, 0) is 45.7 Å². The molecule has 6 nitrogen and oxygen atoms in total. The maximum Gasteiger partial charge on any atom is 0.500 e. The van der Waals surface area contributed by atoms with Gasteiger partial charge < -0.3 is 18.0 Å². The molecule has 0 fully saturated rings. The van der Waals surface area contributed by atoms with Gasteiger partial charge in [-0.1, -0.05) is 18.2 Å². The van der Waals surface area contributed by atoms with Crippen LogP contribution in [0.1, 0.15) is 33.6 Å². The fourth-order valence-electron chi connectivity index (χ4n) is 2.69. The molecule has 0 bridgehead atoms. The topological polar surface area (TPSA) is 49.4 Å². The molecule has 0 saturated heterocycles. The number of hydrogen-bond acceptors (Lipinski definition) is 6. The van der Waals surface area contributed by atoms with Crippen molar-refractivity contribution in [2.24, 2.45) is 0 Å². The molecule has 0 amide bonds. The number of ether oxygens (including phenoxy) is 1. The van der Waals surface area contributed by atoms with E-state index < -0.39 is 8.80 Å². The van der Waals surface area contributed by atoms with Gasteiger partial charge in [0, 0.05) is 39.5 Å². The highest BCUT2D eigenvalue weighted by molar-refractivity contribution is 6.60. The van der Waals surface area contributed by atoms with Crippen molar-refractivity contribution in [1.29, 1.82) is 0 Å². The second-order valence-corrected chi connectivity index (χ2v) is 8.43. The standard InChI is InChI=1S/C19H35NO5Si/c1-5-23-26(24-6-2,25-7-3)18-12-11-15-20(22-17-16-21-4)19-13-9-8-10-14-19/h8-10,13-14H,5-7,11-12,15-18H2,1-4H3. The molecule has 26 heavy (non-hydrogen) atoms. The summed E-state index contributed by atoms with van der Waals surface area (Å²) >= 11 is 0. The molecule has 0 heterocycles. The van der Waals surface area contributed by atoms with Crippen molar-refractivity contribution < 1.29 is 22.9 Å². The number of nitrogens with zero attached hydrogens (tertiary/aromatic N) is 1. The van der Waals surface area contributed by atoms with Gasteiger partial charge in [0.05, 0.1) is 18.9 Å². The van der Waals surface area contributed by atoms with Crippen molar-refractivity contribution in [3.63, 3.8) is 0 Å². The summed E-state index contributed by atoms with van der Waals surface area (Å²) < 4.78 is 22.8. The van der Waals surface area contributed by atoms with Crippen molar-refractivity contribution in [3.05, 3.63) is 30.3 Å². The van der Waals surface area contributed by atoms with E-state index in [4.69, 9.17) is 22.9 Å². The number of unbranched alkanes of at least 4 members (excludes halogenated alkanes) is 1. The molecule has 0 saturated carbocycles. The van der Waals surface area contributed by atoms with Gasteiger partial charge in [-0.3, -0.25) is 9.90 Å². The molecule has 0 aliphatic carbocycles. The van der Waals surface area contributed by atoms with Crippen LogP contribution in [-0.4, -0.2) is 55.5 Å². The summed E-state index contributed by atoms with van der Waals surface area (Å²) in [5, 5.41) is 1.93. The van der Waals surface area contributed by atoms with Crippen LogP contribution in [0.15, 0.2) is 30.3 Å². The molecular weight excluding hydrogens is 350 g/mol. The molecule has 0 spiro atoms. The van der Waals surface area contributed by atoms with Crippen LogP contribution in [0.4, 0.5) is 5.69 Å². The Hall–Kier alpha value is -0.963. The Morgan fingerprint density at radius 2 is 1.46 bits per heavy atom. The Bertz CT molecular complexity index is 432. The fourth-order valence-corrected chi connectivity index (χ4v) is 5.38. The Morgan fingerprint density at radius 1 is 0.846 bits per heavy atom. The van der Waals surface area contributed by atoms with Crippen LogP contribution in [0.3, 0.4) is 0 Å². The van der Waals surface area contributed by atoms with Crippen molar-refractivity contribution in [2.45, 2.75) is 39.7 Å². The second-order valence-electron chi connectivity index (χ2n) is 5.70. The van der Waals surface area contributed by atoms with E-state index in [0.29, 0.717) is 33.0 Å². The van der Waals surface area contributed by atoms with Gasteiger partial charge in [0.1, 0.15) is 0 Å².